The van der Waals surface area contributed by atoms with Gasteiger partial charge < -0.3 is 15.1 Å². The van der Waals surface area contributed by atoms with Crippen molar-refractivity contribution in [3.63, 3.8) is 0 Å². The van der Waals surface area contributed by atoms with E-state index in [1.807, 2.05) is 33.9 Å². The summed E-state index contributed by atoms with van der Waals surface area (Å²) in [6, 6.07) is 6.86. The second kappa shape index (κ2) is 8.69. The van der Waals surface area contributed by atoms with E-state index in [0.29, 0.717) is 38.2 Å². The molecule has 4 rings (SSSR count). The number of benzene rings is 1. The fraction of sp³-hybridized carbons (Fsp3) is 0.480. The Morgan fingerprint density at radius 1 is 1.12 bits per heavy atom. The molecule has 1 aromatic heterocycles. The maximum atomic E-state index is 13.4. The maximum absolute atomic E-state index is 13.4. The van der Waals surface area contributed by atoms with Gasteiger partial charge in [-0.05, 0) is 62.9 Å². The Kier molecular flexibility index (Phi) is 6.18. The lowest BCUT2D eigenvalue weighted by molar-refractivity contribution is -0.120. The van der Waals surface area contributed by atoms with Gasteiger partial charge in [0.25, 0.3) is 5.91 Å². The van der Waals surface area contributed by atoms with E-state index in [1.165, 1.54) is 6.07 Å². The number of hydrogen-bond acceptors (Lipinski definition) is 6. The highest BCUT2D eigenvalue weighted by Crippen LogP contribution is 2.34. The van der Waals surface area contributed by atoms with Gasteiger partial charge >= 0.3 is 0 Å². The molecule has 0 aliphatic carbocycles. The molecule has 0 spiro atoms. The van der Waals surface area contributed by atoms with Gasteiger partial charge in [0.2, 0.25) is 5.91 Å². The van der Waals surface area contributed by atoms with Gasteiger partial charge in [-0.2, -0.15) is 0 Å². The first-order chi connectivity index (χ1) is 15.9. The van der Waals surface area contributed by atoms with E-state index in [2.05, 4.69) is 21.3 Å². The van der Waals surface area contributed by atoms with Crippen molar-refractivity contribution in [1.29, 1.82) is 0 Å². The average molecular weight is 485 g/mol. The highest BCUT2D eigenvalue weighted by Gasteiger charge is 2.39. The third-order valence-electron chi connectivity index (χ3n) is 6.58. The lowest BCUT2D eigenvalue weighted by Gasteiger charge is -2.36. The zero-order valence-electron chi connectivity index (χ0n) is 20.4. The molecule has 182 valence electrons. The molecule has 1 aromatic carbocycles. The van der Waals surface area contributed by atoms with Crippen LogP contribution in [0.4, 0.5) is 5.82 Å². The highest BCUT2D eigenvalue weighted by molar-refractivity contribution is 7.90. The van der Waals surface area contributed by atoms with Crippen molar-refractivity contribution in [2.75, 3.05) is 37.3 Å². The lowest BCUT2D eigenvalue weighted by atomic mass is 9.90. The molecule has 3 heterocycles. The summed E-state index contributed by atoms with van der Waals surface area (Å²) in [5.74, 6) is 0.0427. The molecule has 1 unspecified atom stereocenters. The normalized spacial score (nSPS) is 20.4. The lowest BCUT2D eigenvalue weighted by Crippen LogP contribution is -2.49. The first-order valence-corrected chi connectivity index (χ1v) is 13.4. The predicted octanol–water partition coefficient (Wildman–Crippen LogP) is 2.45. The number of anilines is 1. The van der Waals surface area contributed by atoms with Crippen LogP contribution in [0.2, 0.25) is 0 Å². The largest absolute Gasteiger partial charge is 0.353 e. The molecule has 8 nitrogen and oxygen atoms in total. The molecule has 0 bridgehead atoms. The van der Waals surface area contributed by atoms with Crippen LogP contribution in [0.15, 0.2) is 35.4 Å². The first-order valence-electron chi connectivity index (χ1n) is 11.5. The topological polar surface area (TPSA) is 99.7 Å². The molecular formula is C25H32N4O4S. The fourth-order valence-electron chi connectivity index (χ4n) is 4.91. The van der Waals surface area contributed by atoms with Gasteiger partial charge in [-0.25, -0.2) is 13.4 Å². The van der Waals surface area contributed by atoms with Crippen molar-refractivity contribution in [3.05, 3.63) is 52.7 Å². The second-order valence-electron chi connectivity index (χ2n) is 10.1. The molecule has 9 heteroatoms. The molecule has 2 aliphatic rings. The van der Waals surface area contributed by atoms with Crippen LogP contribution in [-0.4, -0.2) is 68.1 Å². The minimum atomic E-state index is -3.68. The van der Waals surface area contributed by atoms with Crippen molar-refractivity contribution in [2.45, 2.75) is 50.5 Å². The standard InChI is InChI=1S/C25H32N4O4S/c1-16-12-17(2)22(26-15-16)28-8-10-29(11-9-28)24(31)19-7-6-18(13-21(19)34(5,32)33)20-14-25(3,4)27-23(20)30/h6-7,12-13,15,20H,8-11,14H2,1-5H3,(H,27,30). The van der Waals surface area contributed by atoms with Gasteiger partial charge in [0.05, 0.1) is 16.4 Å². The molecule has 2 aromatic rings. The monoisotopic (exact) mass is 484 g/mol. The van der Waals surface area contributed by atoms with Gasteiger partial charge in [-0.15, -0.1) is 0 Å². The number of rotatable bonds is 4. The van der Waals surface area contributed by atoms with Gasteiger partial charge in [0.15, 0.2) is 9.84 Å². The average Bonchev–Trinajstić information content (AvgIpc) is 3.04. The molecule has 0 saturated carbocycles. The van der Waals surface area contributed by atoms with Gasteiger partial charge in [-0.1, -0.05) is 12.1 Å². The zero-order valence-corrected chi connectivity index (χ0v) is 21.2. The number of nitrogens with one attached hydrogen (secondary N) is 1. The molecule has 0 radical (unpaired) electrons. The molecule has 2 saturated heterocycles. The third-order valence-corrected chi connectivity index (χ3v) is 7.72. The number of amides is 2. The van der Waals surface area contributed by atoms with Crippen LogP contribution in [0.3, 0.4) is 0 Å². The van der Waals surface area contributed by atoms with E-state index in [0.717, 1.165) is 23.2 Å². The van der Waals surface area contributed by atoms with Crippen LogP contribution in [0, 0.1) is 13.8 Å². The van der Waals surface area contributed by atoms with Crippen molar-refractivity contribution in [1.82, 2.24) is 15.2 Å². The molecule has 1 atom stereocenters. The minimum Gasteiger partial charge on any atom is -0.353 e. The Hall–Kier alpha value is -2.94. The van der Waals surface area contributed by atoms with Crippen molar-refractivity contribution in [2.24, 2.45) is 0 Å². The van der Waals surface area contributed by atoms with Crippen molar-refractivity contribution < 1.29 is 18.0 Å². The van der Waals surface area contributed by atoms with E-state index in [9.17, 15) is 18.0 Å². The van der Waals surface area contributed by atoms with Crippen LogP contribution >= 0.6 is 0 Å². The summed E-state index contributed by atoms with van der Waals surface area (Å²) in [7, 11) is -3.68. The predicted molar refractivity (Wildman–Crippen MR) is 131 cm³/mol. The van der Waals surface area contributed by atoms with Crippen LogP contribution in [0.25, 0.3) is 0 Å². The van der Waals surface area contributed by atoms with E-state index in [1.54, 1.807) is 17.0 Å². The maximum Gasteiger partial charge on any atom is 0.255 e. The van der Waals surface area contributed by atoms with E-state index in [-0.39, 0.29) is 27.8 Å². The third kappa shape index (κ3) is 4.80. The molecular weight excluding hydrogens is 452 g/mol. The fourth-order valence-corrected chi connectivity index (χ4v) is 5.82. The van der Waals surface area contributed by atoms with E-state index in [4.69, 9.17) is 0 Å². The van der Waals surface area contributed by atoms with E-state index >= 15 is 0 Å². The minimum absolute atomic E-state index is 0.0222. The number of nitrogens with zero attached hydrogens (tertiary/aromatic N) is 3. The summed E-state index contributed by atoms with van der Waals surface area (Å²) in [5.41, 5.74) is 2.61. The molecule has 2 aliphatic heterocycles. The summed E-state index contributed by atoms with van der Waals surface area (Å²) >= 11 is 0. The SMILES string of the molecule is Cc1cnc(N2CCN(C(=O)c3ccc(C4CC(C)(C)NC4=O)cc3S(C)(=O)=O)CC2)c(C)c1. The summed E-state index contributed by atoms with van der Waals surface area (Å²) in [4.78, 5) is 34.2. The summed E-state index contributed by atoms with van der Waals surface area (Å²) in [6.07, 6.45) is 3.51. The summed E-state index contributed by atoms with van der Waals surface area (Å²) in [6.45, 7) is 10.1. The summed E-state index contributed by atoms with van der Waals surface area (Å²) < 4.78 is 25.3. The number of sulfone groups is 1. The Bertz CT molecular complexity index is 1250. The molecule has 34 heavy (non-hydrogen) atoms. The van der Waals surface area contributed by atoms with Gasteiger partial charge in [0.1, 0.15) is 5.82 Å². The number of piperazine rings is 1. The number of aryl methyl sites for hydroxylation is 2. The quantitative estimate of drug-likeness (QED) is 0.716. The van der Waals surface area contributed by atoms with Crippen molar-refractivity contribution in [3.8, 4) is 0 Å². The molecule has 1 N–H and O–H groups in total. The van der Waals surface area contributed by atoms with Crippen LogP contribution in [-0.2, 0) is 14.6 Å². The highest BCUT2D eigenvalue weighted by atomic mass is 32.2. The van der Waals surface area contributed by atoms with Crippen LogP contribution in [0.1, 0.15) is 53.2 Å². The second-order valence-corrected chi connectivity index (χ2v) is 12.1. The molecule has 2 amide bonds. The summed E-state index contributed by atoms with van der Waals surface area (Å²) in [5, 5.41) is 2.94. The Morgan fingerprint density at radius 2 is 1.79 bits per heavy atom. The van der Waals surface area contributed by atoms with E-state index < -0.39 is 15.8 Å². The Balaban J connectivity index is 1.56. The molecule has 2 fully saturated rings. The smallest absolute Gasteiger partial charge is 0.255 e. The van der Waals surface area contributed by atoms with Crippen molar-refractivity contribution >= 4 is 27.5 Å². The Labute approximate surface area is 201 Å². The Morgan fingerprint density at radius 3 is 2.35 bits per heavy atom. The number of carbonyl (C=O) groups excluding carboxylic acids is 2. The number of carbonyl (C=O) groups is 2. The first kappa shape index (κ1) is 24.2. The number of pyridine rings is 1. The zero-order chi connectivity index (χ0) is 24.8. The van der Waals surface area contributed by atoms with Crippen LogP contribution in [0.5, 0.6) is 0 Å². The van der Waals surface area contributed by atoms with Gasteiger partial charge in [0, 0.05) is 44.2 Å². The van der Waals surface area contributed by atoms with Crippen LogP contribution < -0.4 is 10.2 Å². The number of aromatic nitrogens is 1. The van der Waals surface area contributed by atoms with Gasteiger partial charge in [-0.3, -0.25) is 9.59 Å². The number of hydrogen-bond donors (Lipinski definition) is 1.